The first kappa shape index (κ1) is 19.9. The minimum Gasteiger partial charge on any atom is -0.290 e. The van der Waals surface area contributed by atoms with Crippen molar-refractivity contribution >= 4 is 22.2 Å². The van der Waals surface area contributed by atoms with E-state index >= 15 is 4.39 Å². The Kier molecular flexibility index (Phi) is 4.32. The van der Waals surface area contributed by atoms with Crippen molar-refractivity contribution in [3.8, 4) is 10.4 Å². The number of nitrogens with one attached hydrogen (secondary N) is 1. The van der Waals surface area contributed by atoms with E-state index in [2.05, 4.69) is 15.0 Å². The number of halogens is 3. The monoisotopic (exact) mass is 447 g/mol. The molecule has 0 bridgehead atoms. The second kappa shape index (κ2) is 6.73. The van der Waals surface area contributed by atoms with E-state index in [4.69, 9.17) is 5.53 Å². The summed E-state index contributed by atoms with van der Waals surface area (Å²) < 4.78 is 45.4. The van der Waals surface area contributed by atoms with Gasteiger partial charge in [-0.3, -0.25) is 14.3 Å². The third-order valence-electron chi connectivity index (χ3n) is 5.97. The number of fused-ring (bicyclic) bond motifs is 2. The number of benzene rings is 1. The molecular formula is C20H16F3N5O2S. The number of nitrogens with zero attached hydrogens (tertiary/aromatic N) is 4. The smallest absolute Gasteiger partial charge is 0.290 e. The van der Waals surface area contributed by atoms with Crippen LogP contribution in [0.25, 0.3) is 31.8 Å². The third kappa shape index (κ3) is 2.99. The van der Waals surface area contributed by atoms with Gasteiger partial charge < -0.3 is 0 Å². The molecular weight excluding hydrogens is 431 g/mol. The highest BCUT2D eigenvalue weighted by atomic mass is 32.1. The van der Waals surface area contributed by atoms with Gasteiger partial charge in [0.05, 0.1) is 10.9 Å². The Labute approximate surface area is 176 Å². The van der Waals surface area contributed by atoms with Gasteiger partial charge in [-0.2, -0.15) is 0 Å². The van der Waals surface area contributed by atoms with Gasteiger partial charge >= 0.3 is 5.69 Å². The number of alkyl halides is 2. The van der Waals surface area contributed by atoms with E-state index in [1.165, 1.54) is 10.6 Å². The topological polar surface area (TPSA) is 104 Å². The lowest BCUT2D eigenvalue weighted by Crippen LogP contribution is -2.30. The maximum atomic E-state index is 15.2. The predicted molar refractivity (Wildman–Crippen MR) is 110 cm³/mol. The summed E-state index contributed by atoms with van der Waals surface area (Å²) in [7, 11) is 0. The molecule has 160 valence electrons. The van der Waals surface area contributed by atoms with E-state index in [1.54, 1.807) is 6.92 Å². The van der Waals surface area contributed by atoms with E-state index in [0.29, 0.717) is 20.8 Å². The van der Waals surface area contributed by atoms with Crippen LogP contribution in [0.15, 0.2) is 26.8 Å². The molecule has 2 aliphatic carbocycles. The number of aromatic amines is 1. The normalized spacial score (nSPS) is 19.8. The average Bonchev–Trinajstić information content (AvgIpc) is 3.44. The summed E-state index contributed by atoms with van der Waals surface area (Å²) in [5.41, 5.74) is 8.65. The fourth-order valence-corrected chi connectivity index (χ4v) is 5.69. The molecule has 0 saturated heterocycles. The van der Waals surface area contributed by atoms with Gasteiger partial charge in [-0.1, -0.05) is 5.11 Å². The molecule has 0 spiro atoms. The molecule has 1 N–H and O–H groups in total. The summed E-state index contributed by atoms with van der Waals surface area (Å²) >= 11 is 1.16. The molecule has 1 aromatic carbocycles. The predicted octanol–water partition coefficient (Wildman–Crippen LogP) is 5.13. The molecule has 2 aliphatic rings. The summed E-state index contributed by atoms with van der Waals surface area (Å²) in [6.07, 6.45) is 1.19. The van der Waals surface area contributed by atoms with Gasteiger partial charge in [0.25, 0.3) is 11.5 Å². The molecule has 11 heteroatoms. The number of thiophene rings is 1. The van der Waals surface area contributed by atoms with Crippen molar-refractivity contribution in [2.24, 2.45) is 5.11 Å². The fourth-order valence-electron chi connectivity index (χ4n) is 4.40. The zero-order valence-corrected chi connectivity index (χ0v) is 17.1. The van der Waals surface area contributed by atoms with Crippen molar-refractivity contribution in [3.05, 3.63) is 65.2 Å². The first-order chi connectivity index (χ1) is 14.7. The molecule has 31 heavy (non-hydrogen) atoms. The number of rotatable bonds is 3. The van der Waals surface area contributed by atoms with Gasteiger partial charge in [-0.25, -0.2) is 18.0 Å². The number of hydrogen-bond donors (Lipinski definition) is 1. The van der Waals surface area contributed by atoms with Crippen molar-refractivity contribution < 1.29 is 13.2 Å². The molecule has 0 aliphatic heterocycles. The molecule has 7 nitrogen and oxygen atoms in total. The van der Waals surface area contributed by atoms with E-state index in [9.17, 15) is 18.4 Å². The Morgan fingerprint density at radius 1 is 1.32 bits per heavy atom. The van der Waals surface area contributed by atoms with E-state index < -0.39 is 35.5 Å². The first-order valence-corrected chi connectivity index (χ1v) is 10.6. The highest BCUT2D eigenvalue weighted by molar-refractivity contribution is 7.15. The number of H-pyrrole nitrogens is 1. The van der Waals surface area contributed by atoms with Crippen molar-refractivity contribution in [3.63, 3.8) is 0 Å². The van der Waals surface area contributed by atoms with Crippen LogP contribution in [-0.2, 0) is 6.42 Å². The van der Waals surface area contributed by atoms with Gasteiger partial charge in [-0.15, -0.1) is 11.3 Å². The zero-order chi connectivity index (χ0) is 22.1. The number of aryl methyl sites for hydroxylation is 2. The largest absolute Gasteiger partial charge is 0.329 e. The van der Waals surface area contributed by atoms with Crippen LogP contribution >= 0.6 is 11.3 Å². The maximum Gasteiger partial charge on any atom is 0.329 e. The first-order valence-electron chi connectivity index (χ1n) is 9.75. The molecule has 0 amide bonds. The van der Waals surface area contributed by atoms with Gasteiger partial charge in [0.2, 0.25) is 0 Å². The molecule has 3 aromatic rings. The fraction of sp³-hybridized carbons (Fsp3) is 0.400. The summed E-state index contributed by atoms with van der Waals surface area (Å²) in [6, 6.07) is 0.819. The lowest BCUT2D eigenvalue weighted by Gasteiger charge is -2.27. The Morgan fingerprint density at radius 2 is 2.06 bits per heavy atom. The summed E-state index contributed by atoms with van der Waals surface area (Å²) in [5.74, 6) is -3.86. The minimum absolute atomic E-state index is 0.0616. The summed E-state index contributed by atoms with van der Waals surface area (Å²) in [4.78, 5) is 30.6. The number of aromatic nitrogens is 2. The highest BCUT2D eigenvalue weighted by Crippen LogP contribution is 2.49. The standard InChI is InChI=1S/C20H16F3N5O2S/c1-8-15(14-7-10-13(31-14)4-5-20(22,23)17(10)26-27-24)12(21)6-11-16(8)28(9-2-3-9)19(30)25-18(11)29/h6-7,9,17H,2-5H2,1H3,(H,25,29,30). The molecule has 0 radical (unpaired) electrons. The molecule has 2 aromatic heterocycles. The van der Waals surface area contributed by atoms with E-state index in [1.807, 2.05) is 0 Å². The van der Waals surface area contributed by atoms with Crippen LogP contribution in [0, 0.1) is 12.7 Å². The minimum atomic E-state index is -3.19. The van der Waals surface area contributed by atoms with Crippen LogP contribution in [0.2, 0.25) is 0 Å². The average molecular weight is 447 g/mol. The molecule has 5 rings (SSSR count). The lowest BCUT2D eigenvalue weighted by atomic mass is 9.90. The molecule has 1 fully saturated rings. The Balaban J connectivity index is 1.78. The second-order valence-corrected chi connectivity index (χ2v) is 9.11. The molecule has 1 saturated carbocycles. The van der Waals surface area contributed by atoms with E-state index in [0.717, 1.165) is 30.2 Å². The van der Waals surface area contributed by atoms with Crippen LogP contribution in [0.1, 0.15) is 47.4 Å². The number of azide groups is 1. The molecule has 2 heterocycles. The summed E-state index contributed by atoms with van der Waals surface area (Å²) in [5, 5.41) is 3.38. The Morgan fingerprint density at radius 3 is 2.74 bits per heavy atom. The van der Waals surface area contributed by atoms with Crippen molar-refractivity contribution in [2.45, 2.75) is 50.6 Å². The lowest BCUT2D eigenvalue weighted by molar-refractivity contribution is -0.0389. The van der Waals surface area contributed by atoms with Crippen LogP contribution in [0.3, 0.4) is 0 Å². The van der Waals surface area contributed by atoms with Crippen LogP contribution in [0.5, 0.6) is 0 Å². The number of hydrogen-bond acceptors (Lipinski definition) is 4. The summed E-state index contributed by atoms with van der Waals surface area (Å²) in [6.45, 7) is 1.62. The van der Waals surface area contributed by atoms with Crippen LogP contribution < -0.4 is 11.2 Å². The van der Waals surface area contributed by atoms with Crippen molar-refractivity contribution in [1.82, 2.24) is 9.55 Å². The second-order valence-electron chi connectivity index (χ2n) is 7.97. The zero-order valence-electron chi connectivity index (χ0n) is 16.3. The van der Waals surface area contributed by atoms with Gasteiger partial charge in [-0.05, 0) is 55.0 Å². The Bertz CT molecular complexity index is 1410. The highest BCUT2D eigenvalue weighted by Gasteiger charge is 2.45. The van der Waals surface area contributed by atoms with Gasteiger partial charge in [0.1, 0.15) is 11.9 Å². The maximum absolute atomic E-state index is 15.2. The third-order valence-corrected chi connectivity index (χ3v) is 7.20. The van der Waals surface area contributed by atoms with Crippen molar-refractivity contribution in [2.75, 3.05) is 0 Å². The SMILES string of the molecule is Cc1c(-c2cc3c(s2)CCC(F)(F)C3N=[N+]=[N-])c(F)cc2c(=O)[nH]c(=O)n(C3CC3)c12. The quantitative estimate of drug-likeness (QED) is 0.341. The van der Waals surface area contributed by atoms with Gasteiger partial charge in [0.15, 0.2) is 0 Å². The Hall–Kier alpha value is -3.04. The van der Waals surface area contributed by atoms with Crippen LogP contribution in [0.4, 0.5) is 13.2 Å². The van der Waals surface area contributed by atoms with Gasteiger partial charge in [0, 0.05) is 32.7 Å². The molecule has 1 atom stereocenters. The molecule has 1 unspecified atom stereocenters. The van der Waals surface area contributed by atoms with Crippen LogP contribution in [-0.4, -0.2) is 15.5 Å². The van der Waals surface area contributed by atoms with Crippen molar-refractivity contribution in [1.29, 1.82) is 0 Å². The van der Waals surface area contributed by atoms with E-state index in [-0.39, 0.29) is 29.0 Å².